The van der Waals surface area contributed by atoms with Crippen LogP contribution in [0.4, 0.5) is 24.5 Å². The number of hydrogen-bond donors (Lipinski definition) is 3. The lowest BCUT2D eigenvalue weighted by Crippen LogP contribution is -2.50. The number of anilines is 2. The molecule has 36 heavy (non-hydrogen) atoms. The number of carbonyl (C=O) groups is 3. The van der Waals surface area contributed by atoms with Gasteiger partial charge in [-0.25, -0.2) is 0 Å². The molecule has 1 unspecified atom stereocenters. The Balaban J connectivity index is 1.42. The normalized spacial score (nSPS) is 15.6. The maximum Gasteiger partial charge on any atom is 0.416 e. The molecule has 0 spiro atoms. The van der Waals surface area contributed by atoms with Crippen LogP contribution < -0.4 is 16.4 Å². The summed E-state index contributed by atoms with van der Waals surface area (Å²) in [5.74, 6) is -1.56. The molecule has 0 aromatic heterocycles. The first-order valence-electron chi connectivity index (χ1n) is 11.1. The molecule has 0 fully saturated rings. The summed E-state index contributed by atoms with van der Waals surface area (Å²) >= 11 is 0. The fourth-order valence-corrected chi connectivity index (χ4v) is 4.12. The van der Waals surface area contributed by atoms with Gasteiger partial charge in [0.05, 0.1) is 18.2 Å². The molecule has 3 amide bonds. The summed E-state index contributed by atoms with van der Waals surface area (Å²) in [6, 6.07) is 17.3. The van der Waals surface area contributed by atoms with E-state index in [1.807, 2.05) is 24.3 Å². The van der Waals surface area contributed by atoms with Gasteiger partial charge in [0.1, 0.15) is 0 Å². The third-order valence-electron chi connectivity index (χ3n) is 5.88. The Labute approximate surface area is 205 Å². The van der Waals surface area contributed by atoms with E-state index in [0.717, 1.165) is 23.3 Å². The molecule has 4 rings (SSSR count). The highest BCUT2D eigenvalue weighted by Gasteiger charge is 2.32. The van der Waals surface area contributed by atoms with Crippen molar-refractivity contribution in [1.82, 2.24) is 4.90 Å². The van der Waals surface area contributed by atoms with Crippen molar-refractivity contribution < 1.29 is 27.6 Å². The fraction of sp³-hybridized carbons (Fsp3) is 0.192. The number of rotatable bonds is 6. The van der Waals surface area contributed by atoms with Gasteiger partial charge in [-0.2, -0.15) is 13.2 Å². The number of alkyl halides is 3. The Kier molecular flexibility index (Phi) is 7.07. The van der Waals surface area contributed by atoms with Crippen molar-refractivity contribution in [3.63, 3.8) is 0 Å². The number of nitrogens with one attached hydrogen (secondary N) is 2. The zero-order valence-electron chi connectivity index (χ0n) is 19.0. The smallest absolute Gasteiger partial charge is 0.368 e. The molecule has 1 aliphatic heterocycles. The molecule has 186 valence electrons. The van der Waals surface area contributed by atoms with Gasteiger partial charge >= 0.3 is 6.18 Å². The number of nitrogens with zero attached hydrogens (tertiary/aromatic N) is 1. The minimum absolute atomic E-state index is 0.00728. The van der Waals surface area contributed by atoms with Crippen LogP contribution in [0.3, 0.4) is 0 Å². The Morgan fingerprint density at radius 3 is 2.25 bits per heavy atom. The van der Waals surface area contributed by atoms with E-state index < -0.39 is 35.5 Å². The van der Waals surface area contributed by atoms with Gasteiger partial charge in [-0.3, -0.25) is 19.3 Å². The maximum absolute atomic E-state index is 12.9. The Morgan fingerprint density at radius 1 is 0.889 bits per heavy atom. The number of fused-ring (bicyclic) bond motifs is 1. The molecule has 0 radical (unpaired) electrons. The quantitative estimate of drug-likeness (QED) is 0.483. The van der Waals surface area contributed by atoms with E-state index in [-0.39, 0.29) is 17.8 Å². The highest BCUT2D eigenvalue weighted by molar-refractivity contribution is 6.05. The molecular formula is C26H23F3N4O3. The third-order valence-corrected chi connectivity index (χ3v) is 5.88. The van der Waals surface area contributed by atoms with E-state index >= 15 is 0 Å². The molecule has 0 saturated heterocycles. The Morgan fingerprint density at radius 2 is 1.56 bits per heavy atom. The largest absolute Gasteiger partial charge is 0.416 e. The molecule has 1 aliphatic rings. The second kappa shape index (κ2) is 10.2. The lowest BCUT2D eigenvalue weighted by atomic mass is 9.93. The number of hydrogen-bond acceptors (Lipinski definition) is 4. The summed E-state index contributed by atoms with van der Waals surface area (Å²) in [4.78, 5) is 39.1. The van der Waals surface area contributed by atoms with E-state index in [9.17, 15) is 27.6 Å². The molecule has 3 aromatic rings. The highest BCUT2D eigenvalue weighted by Crippen LogP contribution is 2.31. The standard InChI is InChI=1S/C26H23F3N4O3/c27-26(28,29)19-8-4-10-21(13-19)32-25(36)17-7-3-9-20(11-17)31-23(34)15-33-14-18-6-2-1-5-16(18)12-22(33)24(30)35/h1-11,13,22H,12,14-15H2,(H2,30,35)(H,31,34)(H,32,36). The van der Waals surface area contributed by atoms with Crippen LogP contribution in [0.5, 0.6) is 0 Å². The molecule has 7 nitrogen and oxygen atoms in total. The van der Waals surface area contributed by atoms with Gasteiger partial charge in [-0.15, -0.1) is 0 Å². The second-order valence-electron chi connectivity index (χ2n) is 8.46. The first kappa shape index (κ1) is 24.9. The van der Waals surface area contributed by atoms with Crippen LogP contribution in [0.15, 0.2) is 72.8 Å². The van der Waals surface area contributed by atoms with Crippen molar-refractivity contribution in [3.8, 4) is 0 Å². The van der Waals surface area contributed by atoms with Crippen molar-refractivity contribution in [2.45, 2.75) is 25.2 Å². The van der Waals surface area contributed by atoms with Gasteiger partial charge in [0.2, 0.25) is 11.8 Å². The molecule has 4 N–H and O–H groups in total. The summed E-state index contributed by atoms with van der Waals surface area (Å²) in [6.07, 6.45) is -4.13. The van der Waals surface area contributed by atoms with E-state index in [1.54, 1.807) is 17.0 Å². The zero-order chi connectivity index (χ0) is 25.9. The monoisotopic (exact) mass is 496 g/mol. The van der Waals surface area contributed by atoms with E-state index in [4.69, 9.17) is 5.73 Å². The number of amides is 3. The first-order chi connectivity index (χ1) is 17.1. The van der Waals surface area contributed by atoms with Gasteiger partial charge in [-0.05, 0) is 53.9 Å². The highest BCUT2D eigenvalue weighted by atomic mass is 19.4. The van der Waals surface area contributed by atoms with Gasteiger partial charge in [0.25, 0.3) is 5.91 Å². The molecule has 0 bridgehead atoms. The third kappa shape index (κ3) is 5.89. The molecule has 0 aliphatic carbocycles. The summed E-state index contributed by atoms with van der Waals surface area (Å²) in [5, 5.41) is 5.13. The maximum atomic E-state index is 12.9. The number of carbonyl (C=O) groups excluding carboxylic acids is 3. The number of primary amides is 1. The topological polar surface area (TPSA) is 105 Å². The molecule has 1 heterocycles. The molecule has 3 aromatic carbocycles. The molecular weight excluding hydrogens is 473 g/mol. The Hall–Kier alpha value is -4.18. The second-order valence-corrected chi connectivity index (χ2v) is 8.46. The number of halogens is 3. The van der Waals surface area contributed by atoms with Crippen LogP contribution in [-0.2, 0) is 28.7 Å². The average Bonchev–Trinajstić information content (AvgIpc) is 2.83. The minimum Gasteiger partial charge on any atom is -0.368 e. The minimum atomic E-state index is -4.53. The van der Waals surface area contributed by atoms with Gasteiger partial charge < -0.3 is 16.4 Å². The van der Waals surface area contributed by atoms with Crippen LogP contribution in [0.1, 0.15) is 27.0 Å². The average molecular weight is 496 g/mol. The molecule has 10 heteroatoms. The fourth-order valence-electron chi connectivity index (χ4n) is 4.12. The first-order valence-corrected chi connectivity index (χ1v) is 11.1. The van der Waals surface area contributed by atoms with E-state index in [0.29, 0.717) is 18.7 Å². The van der Waals surface area contributed by atoms with Crippen molar-refractivity contribution in [2.75, 3.05) is 17.2 Å². The molecule has 0 saturated carbocycles. The van der Waals surface area contributed by atoms with Crippen LogP contribution in [0, 0.1) is 0 Å². The number of benzene rings is 3. The van der Waals surface area contributed by atoms with Crippen LogP contribution in [0.25, 0.3) is 0 Å². The lowest BCUT2D eigenvalue weighted by Gasteiger charge is -2.34. The van der Waals surface area contributed by atoms with Gasteiger partial charge in [0.15, 0.2) is 0 Å². The SMILES string of the molecule is NC(=O)C1Cc2ccccc2CN1CC(=O)Nc1cccc(C(=O)Nc2cccc(C(F)(F)F)c2)c1. The van der Waals surface area contributed by atoms with Crippen molar-refractivity contribution >= 4 is 29.1 Å². The van der Waals surface area contributed by atoms with Crippen molar-refractivity contribution in [1.29, 1.82) is 0 Å². The predicted molar refractivity (Wildman–Crippen MR) is 128 cm³/mol. The van der Waals surface area contributed by atoms with E-state index in [2.05, 4.69) is 10.6 Å². The summed E-state index contributed by atoms with van der Waals surface area (Å²) < 4.78 is 38.8. The molecule has 1 atom stereocenters. The van der Waals surface area contributed by atoms with Crippen LogP contribution >= 0.6 is 0 Å². The van der Waals surface area contributed by atoms with Gasteiger partial charge in [-0.1, -0.05) is 36.4 Å². The summed E-state index contributed by atoms with van der Waals surface area (Å²) in [7, 11) is 0. The zero-order valence-corrected chi connectivity index (χ0v) is 19.0. The predicted octanol–water partition coefficient (Wildman–Crippen LogP) is 3.81. The Bertz CT molecular complexity index is 1310. The number of nitrogens with two attached hydrogens (primary N) is 1. The van der Waals surface area contributed by atoms with E-state index in [1.165, 1.54) is 24.3 Å². The van der Waals surface area contributed by atoms with Crippen molar-refractivity contribution in [2.24, 2.45) is 5.73 Å². The summed E-state index contributed by atoms with van der Waals surface area (Å²) in [6.45, 7) is 0.291. The van der Waals surface area contributed by atoms with Crippen LogP contribution in [0.2, 0.25) is 0 Å². The summed E-state index contributed by atoms with van der Waals surface area (Å²) in [5.41, 5.74) is 7.18. The van der Waals surface area contributed by atoms with Gasteiger partial charge in [0, 0.05) is 23.5 Å². The van der Waals surface area contributed by atoms with Crippen LogP contribution in [-0.4, -0.2) is 35.2 Å². The van der Waals surface area contributed by atoms with Crippen molar-refractivity contribution in [3.05, 3.63) is 95.1 Å². The lowest BCUT2D eigenvalue weighted by molar-refractivity contribution is -0.137.